The molecule has 0 aromatic carbocycles. The summed E-state index contributed by atoms with van der Waals surface area (Å²) in [5.41, 5.74) is 0.839. The van der Waals surface area contributed by atoms with Crippen molar-refractivity contribution in [2.75, 3.05) is 30.3 Å². The molecule has 4 nitrogen and oxygen atoms in total. The van der Waals surface area contributed by atoms with Gasteiger partial charge in [-0.2, -0.15) is 23.5 Å². The third kappa shape index (κ3) is 4.87. The van der Waals surface area contributed by atoms with E-state index in [-0.39, 0.29) is 0 Å². The van der Waals surface area contributed by atoms with Crippen LogP contribution in [0.25, 0.3) is 0 Å². The van der Waals surface area contributed by atoms with E-state index in [0.29, 0.717) is 23.2 Å². The van der Waals surface area contributed by atoms with Gasteiger partial charge in [0.2, 0.25) is 10.0 Å². The van der Waals surface area contributed by atoms with Gasteiger partial charge in [-0.05, 0) is 24.4 Å². The number of aryl methyl sites for hydroxylation is 1. The Morgan fingerprint density at radius 2 is 2.19 bits per heavy atom. The predicted molar refractivity (Wildman–Crippen MR) is 95.2 cm³/mol. The third-order valence-corrected chi connectivity index (χ3v) is 8.91. The van der Waals surface area contributed by atoms with Crippen molar-refractivity contribution >= 4 is 44.9 Å². The monoisotopic (exact) mass is 366 g/mol. The molecule has 1 atom stereocenters. The molecule has 0 amide bonds. The molecule has 1 aromatic rings. The van der Waals surface area contributed by atoms with Crippen LogP contribution in [0.4, 0.5) is 0 Å². The quantitative estimate of drug-likeness (QED) is 0.775. The van der Waals surface area contributed by atoms with Crippen molar-refractivity contribution in [1.29, 1.82) is 0 Å². The summed E-state index contributed by atoms with van der Waals surface area (Å²) in [7, 11) is -3.41. The van der Waals surface area contributed by atoms with Crippen molar-refractivity contribution in [2.45, 2.75) is 30.5 Å². The second kappa shape index (κ2) is 8.21. The van der Waals surface area contributed by atoms with Gasteiger partial charge >= 0.3 is 0 Å². The van der Waals surface area contributed by atoms with Crippen LogP contribution in [0.5, 0.6) is 0 Å². The van der Waals surface area contributed by atoms with Crippen molar-refractivity contribution in [3.8, 4) is 0 Å². The van der Waals surface area contributed by atoms with Gasteiger partial charge in [0, 0.05) is 40.5 Å². The summed E-state index contributed by atoms with van der Waals surface area (Å²) in [5.74, 6) is 3.31. The Morgan fingerprint density at radius 3 is 2.86 bits per heavy atom. The molecule has 1 fully saturated rings. The molecule has 0 saturated carbocycles. The second-order valence-corrected chi connectivity index (χ2v) is 10.1. The highest BCUT2D eigenvalue weighted by Crippen LogP contribution is 2.28. The lowest BCUT2D eigenvalue weighted by molar-refractivity contribution is 0.579. The van der Waals surface area contributed by atoms with Crippen LogP contribution in [-0.2, 0) is 16.6 Å². The zero-order chi connectivity index (χ0) is 15.3. The molecule has 2 N–H and O–H groups in total. The predicted octanol–water partition coefficient (Wildman–Crippen LogP) is 2.29. The zero-order valence-electron chi connectivity index (χ0n) is 12.3. The second-order valence-electron chi connectivity index (χ2n) is 4.87. The Balaban J connectivity index is 2.05. The maximum absolute atomic E-state index is 12.6. The number of thioether (sulfide) groups is 2. The Bertz CT molecular complexity index is 551. The fourth-order valence-electron chi connectivity index (χ4n) is 2.14. The van der Waals surface area contributed by atoms with Crippen LogP contribution in [0, 0.1) is 6.92 Å². The Kier molecular flexibility index (Phi) is 6.89. The molecular formula is C13H22N2O2S4. The number of hydrogen-bond acceptors (Lipinski definition) is 6. The summed E-state index contributed by atoms with van der Waals surface area (Å²) in [5, 5.41) is 5.51. The first-order valence-corrected chi connectivity index (χ1v) is 11.6. The maximum atomic E-state index is 12.6. The first kappa shape index (κ1) is 17.6. The van der Waals surface area contributed by atoms with Gasteiger partial charge in [-0.25, -0.2) is 13.1 Å². The number of rotatable bonds is 7. The molecule has 0 radical (unpaired) electrons. The average molecular weight is 367 g/mol. The van der Waals surface area contributed by atoms with E-state index in [9.17, 15) is 8.42 Å². The van der Waals surface area contributed by atoms with Gasteiger partial charge < -0.3 is 5.32 Å². The minimum Gasteiger partial charge on any atom is -0.312 e. The average Bonchev–Trinajstić information content (AvgIpc) is 2.86. The van der Waals surface area contributed by atoms with Gasteiger partial charge in [0.25, 0.3) is 0 Å². The van der Waals surface area contributed by atoms with E-state index in [1.54, 1.807) is 0 Å². The molecule has 8 heteroatoms. The number of nitrogens with one attached hydrogen (secondary N) is 2. The van der Waals surface area contributed by atoms with Gasteiger partial charge in [0.15, 0.2) is 0 Å². The smallest absolute Gasteiger partial charge is 0.242 e. The molecule has 0 aliphatic carbocycles. The zero-order valence-corrected chi connectivity index (χ0v) is 15.6. The van der Waals surface area contributed by atoms with Gasteiger partial charge in [-0.1, -0.05) is 6.92 Å². The van der Waals surface area contributed by atoms with E-state index in [1.807, 2.05) is 42.8 Å². The minimum atomic E-state index is -3.41. The van der Waals surface area contributed by atoms with Crippen LogP contribution >= 0.6 is 34.9 Å². The third-order valence-electron chi connectivity index (χ3n) is 3.18. The maximum Gasteiger partial charge on any atom is 0.242 e. The number of sulfonamides is 1. The van der Waals surface area contributed by atoms with Gasteiger partial charge in [0.05, 0.1) is 0 Å². The van der Waals surface area contributed by atoms with Crippen LogP contribution in [0.1, 0.15) is 17.4 Å². The lowest BCUT2D eigenvalue weighted by Gasteiger charge is -2.21. The summed E-state index contributed by atoms with van der Waals surface area (Å²) in [6.45, 7) is 5.85. The SMILES string of the molecule is CCNCc1scc(C)c1S(=O)(=O)NCC1CSCCS1. The van der Waals surface area contributed by atoms with E-state index in [0.717, 1.165) is 28.5 Å². The first-order valence-electron chi connectivity index (χ1n) is 7.01. The lowest BCUT2D eigenvalue weighted by Crippen LogP contribution is -2.34. The summed E-state index contributed by atoms with van der Waals surface area (Å²) >= 11 is 5.28. The fourth-order valence-corrected chi connectivity index (χ4v) is 7.71. The van der Waals surface area contributed by atoms with Crippen LogP contribution in [0.2, 0.25) is 0 Å². The van der Waals surface area contributed by atoms with E-state index in [2.05, 4.69) is 10.0 Å². The van der Waals surface area contributed by atoms with Crippen molar-refractivity contribution < 1.29 is 8.42 Å². The summed E-state index contributed by atoms with van der Waals surface area (Å²) in [6.07, 6.45) is 0. The molecule has 0 spiro atoms. The van der Waals surface area contributed by atoms with Crippen LogP contribution in [-0.4, -0.2) is 44.0 Å². The molecule has 1 saturated heterocycles. The van der Waals surface area contributed by atoms with Crippen molar-refractivity contribution in [3.05, 3.63) is 15.8 Å². The summed E-state index contributed by atoms with van der Waals surface area (Å²) in [4.78, 5) is 1.37. The van der Waals surface area contributed by atoms with Gasteiger partial charge in [-0.15, -0.1) is 11.3 Å². The van der Waals surface area contributed by atoms with Crippen molar-refractivity contribution in [1.82, 2.24) is 10.0 Å². The molecule has 1 unspecified atom stereocenters. The first-order chi connectivity index (χ1) is 10.0. The molecular weight excluding hydrogens is 344 g/mol. The van der Waals surface area contributed by atoms with E-state index >= 15 is 0 Å². The van der Waals surface area contributed by atoms with Gasteiger partial charge in [-0.3, -0.25) is 0 Å². The highest BCUT2D eigenvalue weighted by atomic mass is 32.2. The molecule has 1 aromatic heterocycles. The lowest BCUT2D eigenvalue weighted by atomic mass is 10.3. The van der Waals surface area contributed by atoms with E-state index < -0.39 is 10.0 Å². The topological polar surface area (TPSA) is 58.2 Å². The fraction of sp³-hybridized carbons (Fsp3) is 0.692. The molecule has 2 heterocycles. The highest BCUT2D eigenvalue weighted by molar-refractivity contribution is 8.06. The molecule has 0 bridgehead atoms. The van der Waals surface area contributed by atoms with Crippen molar-refractivity contribution in [2.24, 2.45) is 0 Å². The molecule has 1 aliphatic rings. The molecule has 21 heavy (non-hydrogen) atoms. The van der Waals surface area contributed by atoms with Crippen LogP contribution < -0.4 is 10.0 Å². The van der Waals surface area contributed by atoms with Gasteiger partial charge in [0.1, 0.15) is 4.90 Å². The Morgan fingerprint density at radius 1 is 1.38 bits per heavy atom. The van der Waals surface area contributed by atoms with Crippen LogP contribution in [0.3, 0.4) is 0 Å². The minimum absolute atomic E-state index is 0.384. The summed E-state index contributed by atoms with van der Waals surface area (Å²) in [6, 6.07) is 0. The van der Waals surface area contributed by atoms with Crippen molar-refractivity contribution in [3.63, 3.8) is 0 Å². The highest BCUT2D eigenvalue weighted by Gasteiger charge is 2.24. The Labute approximate surface area is 139 Å². The summed E-state index contributed by atoms with van der Waals surface area (Å²) < 4.78 is 28.0. The molecule has 1 aliphatic heterocycles. The number of thiophene rings is 1. The Hall–Kier alpha value is 0.270. The largest absolute Gasteiger partial charge is 0.312 e. The van der Waals surface area contributed by atoms with E-state index in [4.69, 9.17) is 0 Å². The molecule has 2 rings (SSSR count). The van der Waals surface area contributed by atoms with Crippen LogP contribution in [0.15, 0.2) is 10.3 Å². The van der Waals surface area contributed by atoms with E-state index in [1.165, 1.54) is 17.1 Å². The number of hydrogen-bond donors (Lipinski definition) is 2. The molecule has 120 valence electrons. The standard InChI is InChI=1S/C13H22N2O2S4/c1-3-14-7-12-13(10(2)8-20-12)21(16,17)15-6-11-9-18-4-5-19-11/h8,11,14-15H,3-7,9H2,1-2H3. The normalized spacial score (nSPS) is 19.8.